The number of rotatable bonds is 15. The number of carbonyl (C=O) groups excluding carboxylic acids is 1. The lowest BCUT2D eigenvalue weighted by Gasteiger charge is -2.11. The molecule has 1 unspecified atom stereocenters. The number of nitrogens with one attached hydrogen (secondary N) is 1. The van der Waals surface area contributed by atoms with Crippen molar-refractivity contribution in [2.24, 2.45) is 0 Å². The maximum atomic E-state index is 11.0. The molecule has 3 heteroatoms. The molecular formula is C24H38NO2-. The molecule has 0 saturated carbocycles. The Labute approximate surface area is 166 Å². The summed E-state index contributed by atoms with van der Waals surface area (Å²) in [7, 11) is 0. The molecule has 1 atom stereocenters. The zero-order valence-corrected chi connectivity index (χ0v) is 17.2. The fourth-order valence-corrected chi connectivity index (χ4v) is 4.13. The SMILES string of the molecule is CCCCCCCCCCCCCCCC1Cc2ccc(C(=O)[O-])cc2N1. The third-order valence-electron chi connectivity index (χ3n) is 5.83. The third kappa shape index (κ3) is 8.36. The highest BCUT2D eigenvalue weighted by molar-refractivity contribution is 5.87. The van der Waals surface area contributed by atoms with Crippen LogP contribution >= 0.6 is 0 Å². The average molecular weight is 373 g/mol. The first-order valence-corrected chi connectivity index (χ1v) is 11.3. The molecule has 0 saturated heterocycles. The van der Waals surface area contributed by atoms with Crippen LogP contribution in [0.1, 0.15) is 113 Å². The number of aromatic carboxylic acids is 1. The fourth-order valence-electron chi connectivity index (χ4n) is 4.13. The quantitative estimate of drug-likeness (QED) is 0.392. The summed E-state index contributed by atoms with van der Waals surface area (Å²) in [5.74, 6) is -1.10. The van der Waals surface area contributed by atoms with Crippen molar-refractivity contribution in [2.75, 3.05) is 5.32 Å². The van der Waals surface area contributed by atoms with Crippen LogP contribution in [-0.4, -0.2) is 12.0 Å². The van der Waals surface area contributed by atoms with Crippen molar-refractivity contribution in [1.29, 1.82) is 0 Å². The van der Waals surface area contributed by atoms with E-state index in [1.165, 1.54) is 95.5 Å². The largest absolute Gasteiger partial charge is 0.545 e. The van der Waals surface area contributed by atoms with E-state index in [0.29, 0.717) is 6.04 Å². The molecule has 1 heterocycles. The highest BCUT2D eigenvalue weighted by Gasteiger charge is 2.20. The van der Waals surface area contributed by atoms with Crippen LogP contribution in [0.4, 0.5) is 5.69 Å². The molecule has 0 amide bonds. The molecule has 27 heavy (non-hydrogen) atoms. The van der Waals surface area contributed by atoms with Crippen LogP contribution in [0, 0.1) is 0 Å². The molecule has 0 radical (unpaired) electrons. The summed E-state index contributed by atoms with van der Waals surface area (Å²) < 4.78 is 0. The van der Waals surface area contributed by atoms with E-state index >= 15 is 0 Å². The van der Waals surface area contributed by atoms with Crippen molar-refractivity contribution in [3.63, 3.8) is 0 Å². The Morgan fingerprint density at radius 1 is 0.926 bits per heavy atom. The van der Waals surface area contributed by atoms with Crippen LogP contribution in [0.5, 0.6) is 0 Å². The number of carboxylic acid groups (broad SMARTS) is 1. The Morgan fingerprint density at radius 3 is 2.04 bits per heavy atom. The Balaban J connectivity index is 1.42. The van der Waals surface area contributed by atoms with Crippen LogP contribution in [0.25, 0.3) is 0 Å². The molecule has 1 aromatic carbocycles. The zero-order chi connectivity index (χ0) is 19.3. The molecule has 0 spiro atoms. The van der Waals surface area contributed by atoms with E-state index in [4.69, 9.17) is 0 Å². The van der Waals surface area contributed by atoms with Gasteiger partial charge < -0.3 is 15.2 Å². The molecule has 1 aromatic rings. The summed E-state index contributed by atoms with van der Waals surface area (Å²) in [5, 5.41) is 14.4. The van der Waals surface area contributed by atoms with Gasteiger partial charge in [-0.2, -0.15) is 0 Å². The van der Waals surface area contributed by atoms with E-state index in [9.17, 15) is 9.90 Å². The van der Waals surface area contributed by atoms with E-state index in [1.54, 1.807) is 12.1 Å². The number of fused-ring (bicyclic) bond motifs is 1. The smallest absolute Gasteiger partial charge is 0.0716 e. The number of carboxylic acids is 1. The maximum Gasteiger partial charge on any atom is 0.0716 e. The summed E-state index contributed by atoms with van der Waals surface area (Å²) in [6, 6.07) is 5.76. The number of benzene rings is 1. The normalized spacial score (nSPS) is 15.5. The highest BCUT2D eigenvalue weighted by Crippen LogP contribution is 2.29. The zero-order valence-electron chi connectivity index (χ0n) is 17.2. The van der Waals surface area contributed by atoms with E-state index < -0.39 is 5.97 Å². The second-order valence-electron chi connectivity index (χ2n) is 8.24. The van der Waals surface area contributed by atoms with Crippen LogP contribution in [0.15, 0.2) is 18.2 Å². The molecule has 2 rings (SSSR count). The summed E-state index contributed by atoms with van der Waals surface area (Å²) in [5.41, 5.74) is 2.49. The van der Waals surface area contributed by atoms with Crippen LogP contribution in [0.2, 0.25) is 0 Å². The lowest BCUT2D eigenvalue weighted by Crippen LogP contribution is -2.22. The first-order valence-electron chi connectivity index (χ1n) is 11.3. The van der Waals surface area contributed by atoms with Gasteiger partial charge in [0.2, 0.25) is 0 Å². The van der Waals surface area contributed by atoms with Crippen molar-refractivity contribution in [3.05, 3.63) is 29.3 Å². The second-order valence-corrected chi connectivity index (χ2v) is 8.24. The monoisotopic (exact) mass is 372 g/mol. The molecule has 152 valence electrons. The average Bonchev–Trinajstić information content (AvgIpc) is 3.07. The Morgan fingerprint density at radius 2 is 1.48 bits per heavy atom. The molecule has 1 N–H and O–H groups in total. The topological polar surface area (TPSA) is 52.2 Å². The third-order valence-corrected chi connectivity index (χ3v) is 5.83. The van der Waals surface area contributed by atoms with Crippen LogP contribution < -0.4 is 10.4 Å². The first kappa shape index (κ1) is 21.8. The van der Waals surface area contributed by atoms with Crippen LogP contribution in [-0.2, 0) is 6.42 Å². The van der Waals surface area contributed by atoms with Crippen molar-refractivity contribution in [2.45, 2.75) is 109 Å². The van der Waals surface area contributed by atoms with Gasteiger partial charge in [-0.05, 0) is 30.0 Å². The predicted octanol–water partition coefficient (Wildman–Crippen LogP) is 5.87. The highest BCUT2D eigenvalue weighted by atomic mass is 16.4. The van der Waals surface area contributed by atoms with Gasteiger partial charge in [-0.3, -0.25) is 0 Å². The summed E-state index contributed by atoms with van der Waals surface area (Å²) in [6.45, 7) is 2.28. The molecule has 1 aliphatic rings. The number of unbranched alkanes of at least 4 members (excludes halogenated alkanes) is 12. The van der Waals surface area contributed by atoms with Gasteiger partial charge in [-0.25, -0.2) is 0 Å². The van der Waals surface area contributed by atoms with Crippen molar-refractivity contribution in [3.8, 4) is 0 Å². The van der Waals surface area contributed by atoms with Crippen LogP contribution in [0.3, 0.4) is 0 Å². The minimum Gasteiger partial charge on any atom is -0.545 e. The molecule has 1 aliphatic heterocycles. The molecule has 0 bridgehead atoms. The van der Waals surface area contributed by atoms with Gasteiger partial charge >= 0.3 is 0 Å². The minimum atomic E-state index is -1.10. The van der Waals surface area contributed by atoms with Gasteiger partial charge in [0.25, 0.3) is 0 Å². The molecular weight excluding hydrogens is 334 g/mol. The van der Waals surface area contributed by atoms with Gasteiger partial charge in [0, 0.05) is 11.7 Å². The summed E-state index contributed by atoms with van der Waals surface area (Å²) in [6.07, 6.45) is 20.2. The molecule has 0 aromatic heterocycles. The van der Waals surface area contributed by atoms with Crippen molar-refractivity contribution in [1.82, 2.24) is 0 Å². The maximum absolute atomic E-state index is 11.0. The molecule has 0 fully saturated rings. The first-order chi connectivity index (χ1) is 13.2. The van der Waals surface area contributed by atoms with Gasteiger partial charge in [0.15, 0.2) is 0 Å². The Bertz CT molecular complexity index is 555. The van der Waals surface area contributed by atoms with Gasteiger partial charge in [0.1, 0.15) is 0 Å². The number of hydrogen-bond acceptors (Lipinski definition) is 3. The van der Waals surface area contributed by atoms with Gasteiger partial charge in [-0.15, -0.1) is 0 Å². The molecule has 0 aliphatic carbocycles. The van der Waals surface area contributed by atoms with Crippen molar-refractivity contribution >= 4 is 11.7 Å². The second kappa shape index (κ2) is 12.8. The number of carbonyl (C=O) groups is 1. The lowest BCUT2D eigenvalue weighted by atomic mass is 10.0. The fraction of sp³-hybridized carbons (Fsp3) is 0.708. The van der Waals surface area contributed by atoms with E-state index in [0.717, 1.165) is 12.1 Å². The Hall–Kier alpha value is -1.51. The minimum absolute atomic E-state index is 0.267. The Kier molecular flexibility index (Phi) is 10.3. The van der Waals surface area contributed by atoms with Crippen molar-refractivity contribution < 1.29 is 9.90 Å². The number of hydrogen-bond donors (Lipinski definition) is 1. The predicted molar refractivity (Wildman–Crippen MR) is 112 cm³/mol. The summed E-state index contributed by atoms with van der Waals surface area (Å²) >= 11 is 0. The summed E-state index contributed by atoms with van der Waals surface area (Å²) in [4.78, 5) is 11.0. The molecule has 3 nitrogen and oxygen atoms in total. The standard InChI is InChI=1S/C24H39NO2/c1-2-3-4-5-6-7-8-9-10-11-12-13-14-15-22-18-20-16-17-21(24(26)27)19-23(20)25-22/h16-17,19,22,25H,2-15,18H2,1H3,(H,26,27)/p-1. The number of anilines is 1. The van der Waals surface area contributed by atoms with E-state index in [1.807, 2.05) is 6.07 Å². The van der Waals surface area contributed by atoms with E-state index in [2.05, 4.69) is 12.2 Å². The van der Waals surface area contributed by atoms with E-state index in [-0.39, 0.29) is 5.56 Å². The van der Waals surface area contributed by atoms with Gasteiger partial charge in [-0.1, -0.05) is 103 Å². The lowest BCUT2D eigenvalue weighted by molar-refractivity contribution is -0.255. The van der Waals surface area contributed by atoms with Gasteiger partial charge in [0.05, 0.1) is 5.97 Å².